The SMILES string of the molecule is C[SiH2][Si](C)(C)C.[Cl-].[Cl-].[Zr+4].c1ccc2[cH-]ccc2c1.c1ccc2[cH-]ccc2c1. The molecule has 142 valence electrons. The number of hydrogen-bond acceptors (Lipinski definition) is 0. The minimum atomic E-state index is -0.492. The maximum absolute atomic E-state index is 2.44. The zero-order valence-corrected chi connectivity index (χ0v) is 22.9. The summed E-state index contributed by atoms with van der Waals surface area (Å²) < 4.78 is 0. The van der Waals surface area contributed by atoms with Crippen molar-refractivity contribution < 1.29 is 51.0 Å². The average Bonchev–Trinajstić information content (AvgIpc) is 3.24. The first-order chi connectivity index (χ1) is 11.5. The monoisotopic (exact) mass is 508 g/mol. The molecular formula is C22H28Cl2Si2Zr. The third-order valence-corrected chi connectivity index (χ3v) is 12.6. The molecule has 0 heterocycles. The Balaban J connectivity index is 0. The number of benzene rings is 2. The topological polar surface area (TPSA) is 0 Å². The van der Waals surface area contributed by atoms with Crippen molar-refractivity contribution >= 4 is 38.2 Å². The number of hydrogen-bond donors (Lipinski definition) is 0. The van der Waals surface area contributed by atoms with Gasteiger partial charge in [0.05, 0.1) is 0 Å². The van der Waals surface area contributed by atoms with Crippen LogP contribution in [0.25, 0.3) is 21.5 Å². The summed E-state index contributed by atoms with van der Waals surface area (Å²) in [7, 11) is -0.101. The number of rotatable bonds is 1. The molecule has 0 N–H and O–H groups in total. The van der Waals surface area contributed by atoms with E-state index in [4.69, 9.17) is 0 Å². The van der Waals surface area contributed by atoms with Gasteiger partial charge >= 0.3 is 26.2 Å². The first-order valence-corrected chi connectivity index (χ1v) is 15.9. The molecule has 5 heteroatoms. The molecule has 0 radical (unpaired) electrons. The van der Waals surface area contributed by atoms with E-state index in [9.17, 15) is 0 Å². The van der Waals surface area contributed by atoms with Gasteiger partial charge in [-0.2, -0.15) is 35.0 Å². The van der Waals surface area contributed by atoms with Crippen LogP contribution in [0.2, 0.25) is 26.2 Å². The van der Waals surface area contributed by atoms with Gasteiger partial charge < -0.3 is 24.8 Å². The molecule has 0 aliphatic carbocycles. The molecule has 0 bridgehead atoms. The predicted octanol–water partition coefficient (Wildman–Crippen LogP) is 0.161. The van der Waals surface area contributed by atoms with Crippen molar-refractivity contribution in [2.24, 2.45) is 0 Å². The summed E-state index contributed by atoms with van der Waals surface area (Å²) in [4.78, 5) is 0. The molecule has 4 aromatic rings. The summed E-state index contributed by atoms with van der Waals surface area (Å²) in [5.74, 6) is 0. The van der Waals surface area contributed by atoms with Crippen LogP contribution in [-0.4, -0.2) is 16.6 Å². The Labute approximate surface area is 199 Å². The molecule has 27 heavy (non-hydrogen) atoms. The summed E-state index contributed by atoms with van der Waals surface area (Å²) in [6.07, 6.45) is 0. The third kappa shape index (κ3) is 10.6. The van der Waals surface area contributed by atoms with E-state index in [-0.39, 0.29) is 51.0 Å². The van der Waals surface area contributed by atoms with Crippen LogP contribution in [0.15, 0.2) is 84.9 Å². The first kappa shape index (κ1) is 28.8. The second-order valence-electron chi connectivity index (χ2n) is 7.22. The minimum Gasteiger partial charge on any atom is -1.00 e. The fourth-order valence-electron chi connectivity index (χ4n) is 2.14. The van der Waals surface area contributed by atoms with Gasteiger partial charge in [0.1, 0.15) is 0 Å². The third-order valence-electron chi connectivity index (χ3n) is 4.16. The molecule has 0 atom stereocenters. The molecule has 4 rings (SSSR count). The van der Waals surface area contributed by atoms with Crippen LogP contribution < -0.4 is 24.8 Å². The molecule has 0 saturated carbocycles. The Morgan fingerprint density at radius 1 is 0.667 bits per heavy atom. The summed E-state index contributed by atoms with van der Waals surface area (Å²) >= 11 is 0. The standard InChI is InChI=1S/2C9H7.C4H14Si2.2ClH.Zr/c2*1-2-5-9-7-3-6-8(9)4-1;1-5-6(2,3)4;;;/h2*1-7H;5H2,1-4H3;2*1H;/q2*-1;;;;+4/p-2. The quantitative estimate of drug-likeness (QED) is 0.253. The van der Waals surface area contributed by atoms with Crippen LogP contribution >= 0.6 is 0 Å². The second-order valence-corrected chi connectivity index (χ2v) is 21.5. The van der Waals surface area contributed by atoms with E-state index < -0.39 is 7.59 Å². The van der Waals surface area contributed by atoms with Gasteiger partial charge in [0.25, 0.3) is 0 Å². The Morgan fingerprint density at radius 2 is 1.00 bits per heavy atom. The molecule has 0 unspecified atom stereocenters. The summed E-state index contributed by atoms with van der Waals surface area (Å²) in [5.41, 5.74) is 0. The Hall–Kier alpha value is -0.443. The van der Waals surface area contributed by atoms with Gasteiger partial charge in [-0.05, 0) is 0 Å². The molecule has 0 amide bonds. The Bertz CT molecular complexity index is 737. The Morgan fingerprint density at radius 3 is 1.30 bits per heavy atom. The van der Waals surface area contributed by atoms with Crippen LogP contribution in [0, 0.1) is 0 Å². The van der Waals surface area contributed by atoms with E-state index in [0.29, 0.717) is 9.04 Å². The van der Waals surface area contributed by atoms with Gasteiger partial charge in [-0.25, -0.2) is 0 Å². The van der Waals surface area contributed by atoms with Crippen LogP contribution in [0.5, 0.6) is 0 Å². The van der Waals surface area contributed by atoms with Gasteiger partial charge in [0, 0.05) is 16.6 Å². The molecular weight excluding hydrogens is 483 g/mol. The molecule has 4 aromatic carbocycles. The van der Waals surface area contributed by atoms with Gasteiger partial charge in [-0.3, -0.25) is 0 Å². The van der Waals surface area contributed by atoms with Crippen LogP contribution in [-0.2, 0) is 26.2 Å². The summed E-state index contributed by atoms with van der Waals surface area (Å²) in [6.45, 7) is 9.74. The second kappa shape index (κ2) is 14.5. The zero-order chi connectivity index (χ0) is 17.4. The van der Waals surface area contributed by atoms with Crippen molar-refractivity contribution in [3.63, 3.8) is 0 Å². The normalized spacial score (nSPS) is 9.93. The summed E-state index contributed by atoms with van der Waals surface area (Å²) in [5, 5.41) is 5.32. The predicted molar refractivity (Wildman–Crippen MR) is 117 cm³/mol. The largest absolute Gasteiger partial charge is 4.00 e. The number of fused-ring (bicyclic) bond motifs is 2. The van der Waals surface area contributed by atoms with E-state index in [2.05, 4.69) is 111 Å². The summed E-state index contributed by atoms with van der Waals surface area (Å²) in [6, 6.07) is 29.3. The van der Waals surface area contributed by atoms with E-state index in [1.165, 1.54) is 21.5 Å². The van der Waals surface area contributed by atoms with Gasteiger partial charge in [-0.15, -0.1) is 59.3 Å². The van der Waals surface area contributed by atoms with Crippen LogP contribution in [0.3, 0.4) is 0 Å². The Kier molecular flexibility index (Phi) is 15.5. The molecule has 0 aromatic heterocycles. The van der Waals surface area contributed by atoms with E-state index >= 15 is 0 Å². The fraction of sp³-hybridized carbons (Fsp3) is 0.182. The van der Waals surface area contributed by atoms with Crippen molar-refractivity contribution in [3.05, 3.63) is 84.9 Å². The molecule has 0 aliphatic heterocycles. The molecule has 0 fully saturated rings. The molecule has 0 nitrogen and oxygen atoms in total. The van der Waals surface area contributed by atoms with E-state index in [0.717, 1.165) is 0 Å². The maximum atomic E-state index is 2.44. The van der Waals surface area contributed by atoms with E-state index in [1.807, 2.05) is 0 Å². The van der Waals surface area contributed by atoms with Crippen LogP contribution in [0.1, 0.15) is 0 Å². The van der Waals surface area contributed by atoms with Crippen LogP contribution in [0.4, 0.5) is 0 Å². The maximum Gasteiger partial charge on any atom is 4.00 e. The number of halogens is 2. The zero-order valence-electron chi connectivity index (χ0n) is 16.5. The average molecular weight is 511 g/mol. The smallest absolute Gasteiger partial charge is 1.00 e. The van der Waals surface area contributed by atoms with Crippen molar-refractivity contribution in [1.82, 2.24) is 0 Å². The van der Waals surface area contributed by atoms with Crippen molar-refractivity contribution in [3.8, 4) is 0 Å². The fourth-order valence-corrected chi connectivity index (χ4v) is 2.14. The molecule has 0 saturated heterocycles. The van der Waals surface area contributed by atoms with Crippen molar-refractivity contribution in [1.29, 1.82) is 0 Å². The molecule has 0 spiro atoms. The van der Waals surface area contributed by atoms with Crippen molar-refractivity contribution in [2.75, 3.05) is 0 Å². The van der Waals surface area contributed by atoms with Gasteiger partial charge in [-0.1, -0.05) is 38.3 Å². The van der Waals surface area contributed by atoms with Gasteiger partial charge in [0.15, 0.2) is 0 Å². The first-order valence-electron chi connectivity index (χ1n) is 8.70. The molecule has 0 aliphatic rings. The van der Waals surface area contributed by atoms with E-state index in [1.54, 1.807) is 0 Å². The van der Waals surface area contributed by atoms with Crippen molar-refractivity contribution in [2.45, 2.75) is 26.2 Å². The minimum absolute atomic E-state index is 0. The van der Waals surface area contributed by atoms with Gasteiger partial charge in [0.2, 0.25) is 0 Å².